The smallest absolute Gasteiger partial charge is 0.267 e. The van der Waals surface area contributed by atoms with Crippen molar-refractivity contribution in [3.63, 3.8) is 0 Å². The molecular weight excluding hydrogens is 440 g/mol. The number of likely N-dealkylation sites (N-methyl/N-ethyl adjacent to an activating group) is 1. The number of unbranched alkanes of at least 4 members (excludes halogenated alkanes) is 14. The molecule has 0 saturated carbocycles. The Bertz CT molecular complexity index is 596. The third-order valence-electron chi connectivity index (χ3n) is 6.51. The average molecular weight is 494 g/mol. The van der Waals surface area contributed by atoms with Gasteiger partial charge in [0.05, 0.1) is 14.1 Å². The Hall–Kier alpha value is -0.700. The third kappa shape index (κ3) is 20.4. The summed E-state index contributed by atoms with van der Waals surface area (Å²) >= 11 is 0. The van der Waals surface area contributed by atoms with Crippen molar-refractivity contribution >= 4 is 16.0 Å². The van der Waals surface area contributed by atoms with Crippen LogP contribution in [-0.2, 0) is 14.9 Å². The van der Waals surface area contributed by atoms with Crippen molar-refractivity contribution in [2.45, 2.75) is 129 Å². The first kappa shape index (κ1) is 32.3. The molecule has 0 aromatic heterocycles. The number of nitrogens with one attached hydrogen (secondary N) is 1. The summed E-state index contributed by atoms with van der Waals surface area (Å²) in [6.45, 7) is 4.21. The molecule has 0 spiro atoms. The summed E-state index contributed by atoms with van der Waals surface area (Å²) in [6.07, 6.45) is 18.4. The third-order valence-corrected chi connectivity index (χ3v) is 7.32. The van der Waals surface area contributed by atoms with Crippen LogP contribution in [0.4, 0.5) is 0 Å². The van der Waals surface area contributed by atoms with Crippen molar-refractivity contribution in [2.75, 3.05) is 26.4 Å². The Labute approximate surface area is 204 Å². The van der Waals surface area contributed by atoms with Gasteiger partial charge in [0.1, 0.15) is 18.4 Å². The molecule has 0 bridgehead atoms. The monoisotopic (exact) mass is 493 g/mol. The van der Waals surface area contributed by atoms with E-state index < -0.39 is 22.0 Å². The molecule has 0 rings (SSSR count). The highest BCUT2D eigenvalue weighted by atomic mass is 32.2. The predicted molar refractivity (Wildman–Crippen MR) is 137 cm³/mol. The molecule has 7 nitrogen and oxygen atoms in total. The maximum absolute atomic E-state index is 12.2. The Morgan fingerprint density at radius 3 is 1.61 bits per heavy atom. The summed E-state index contributed by atoms with van der Waals surface area (Å²) in [5.41, 5.74) is 0. The lowest BCUT2D eigenvalue weighted by Gasteiger charge is -2.37. The Morgan fingerprint density at radius 2 is 1.21 bits per heavy atom. The maximum Gasteiger partial charge on any atom is 0.267 e. The van der Waals surface area contributed by atoms with Gasteiger partial charge >= 0.3 is 0 Å². The molecule has 0 heterocycles. The fourth-order valence-corrected chi connectivity index (χ4v) is 4.73. The molecule has 33 heavy (non-hydrogen) atoms. The summed E-state index contributed by atoms with van der Waals surface area (Å²) in [5, 5.41) is 12.8. The zero-order valence-electron chi connectivity index (χ0n) is 21.9. The molecule has 2 unspecified atom stereocenters. The molecule has 8 heteroatoms. The lowest BCUT2D eigenvalue weighted by Crippen LogP contribution is -2.59. The minimum Gasteiger partial charge on any atom is -0.386 e. The predicted octanol–water partition coefficient (Wildman–Crippen LogP) is 5.04. The van der Waals surface area contributed by atoms with Crippen LogP contribution in [0.3, 0.4) is 0 Å². The van der Waals surface area contributed by atoms with Crippen LogP contribution in [0, 0.1) is 0 Å². The number of nitrogens with zero attached hydrogens (tertiary/aromatic N) is 1. The van der Waals surface area contributed by atoms with Crippen LogP contribution in [-0.4, -0.2) is 67.1 Å². The van der Waals surface area contributed by atoms with E-state index in [2.05, 4.69) is 12.2 Å². The lowest BCUT2D eigenvalue weighted by atomic mass is 10.0. The number of amides is 1. The molecule has 1 amide bonds. The molecule has 0 aliphatic heterocycles. The van der Waals surface area contributed by atoms with Crippen molar-refractivity contribution in [3.05, 3.63) is 0 Å². The quantitative estimate of drug-likeness (QED) is 0.0849. The van der Waals surface area contributed by atoms with Crippen LogP contribution in [0.25, 0.3) is 0 Å². The Kier molecular flexibility index (Phi) is 18.2. The summed E-state index contributed by atoms with van der Waals surface area (Å²) in [4.78, 5) is 12.2. The van der Waals surface area contributed by atoms with E-state index in [0.29, 0.717) is 6.42 Å². The van der Waals surface area contributed by atoms with Gasteiger partial charge in [-0.3, -0.25) is 9.35 Å². The van der Waals surface area contributed by atoms with Crippen molar-refractivity contribution in [1.82, 2.24) is 5.32 Å². The van der Waals surface area contributed by atoms with E-state index in [1.807, 2.05) is 21.0 Å². The first-order chi connectivity index (χ1) is 15.5. The molecule has 2 atom stereocenters. The van der Waals surface area contributed by atoms with Gasteiger partial charge in [0, 0.05) is 13.3 Å². The van der Waals surface area contributed by atoms with Gasteiger partial charge < -0.3 is 14.9 Å². The molecule has 0 aliphatic carbocycles. The van der Waals surface area contributed by atoms with E-state index in [0.717, 1.165) is 12.8 Å². The fraction of sp³-hybridized carbons (Fsp3) is 0.960. The topological polar surface area (TPSA) is 104 Å². The standard InChI is InChI=1S/C25H52N2O5S/c1-5-6-7-8-9-10-11-12-13-14-15-16-17-18-19-20-25(29)26-23(2)27(3,4)21-24(28)22-33(30,31)32/h23-24,28H,5-22H2,1-4H3,(H-,26,29,30,31,32)/p+1. The van der Waals surface area contributed by atoms with Gasteiger partial charge in [-0.25, -0.2) is 0 Å². The van der Waals surface area contributed by atoms with Crippen LogP contribution >= 0.6 is 0 Å². The van der Waals surface area contributed by atoms with Gasteiger partial charge in [0.15, 0.2) is 6.17 Å². The minimum absolute atomic E-state index is 0.0207. The second kappa shape index (κ2) is 18.6. The van der Waals surface area contributed by atoms with E-state index >= 15 is 0 Å². The molecule has 0 aliphatic rings. The van der Waals surface area contributed by atoms with Crippen LogP contribution in [0.15, 0.2) is 0 Å². The van der Waals surface area contributed by atoms with Crippen LogP contribution in [0.2, 0.25) is 0 Å². The Morgan fingerprint density at radius 1 is 0.818 bits per heavy atom. The summed E-state index contributed by atoms with van der Waals surface area (Å²) in [6, 6.07) is 0. The van der Waals surface area contributed by atoms with E-state index in [9.17, 15) is 18.3 Å². The number of carbonyl (C=O) groups excluding carboxylic acids is 1. The molecule has 0 aromatic rings. The van der Waals surface area contributed by atoms with Gasteiger partial charge in [-0.15, -0.1) is 0 Å². The van der Waals surface area contributed by atoms with Gasteiger partial charge in [0.2, 0.25) is 5.91 Å². The molecule has 198 valence electrons. The maximum atomic E-state index is 12.2. The normalized spacial score (nSPS) is 14.2. The summed E-state index contributed by atoms with van der Waals surface area (Å²) in [7, 11) is -0.602. The summed E-state index contributed by atoms with van der Waals surface area (Å²) in [5.74, 6) is -0.721. The summed E-state index contributed by atoms with van der Waals surface area (Å²) < 4.78 is 30.9. The number of aliphatic hydroxyl groups excluding tert-OH is 1. The highest BCUT2D eigenvalue weighted by Crippen LogP contribution is 2.14. The molecule has 0 radical (unpaired) electrons. The minimum atomic E-state index is -4.22. The van der Waals surface area contributed by atoms with Crippen LogP contribution < -0.4 is 5.32 Å². The number of hydrogen-bond acceptors (Lipinski definition) is 4. The number of quaternary nitrogens is 1. The van der Waals surface area contributed by atoms with E-state index in [4.69, 9.17) is 4.55 Å². The van der Waals surface area contributed by atoms with E-state index in [-0.39, 0.29) is 23.1 Å². The van der Waals surface area contributed by atoms with Gasteiger partial charge in [-0.2, -0.15) is 8.42 Å². The fourth-order valence-electron chi connectivity index (χ4n) is 4.13. The van der Waals surface area contributed by atoms with Gasteiger partial charge in [-0.05, 0) is 6.42 Å². The zero-order valence-corrected chi connectivity index (χ0v) is 22.7. The van der Waals surface area contributed by atoms with Crippen LogP contribution in [0.5, 0.6) is 0 Å². The lowest BCUT2D eigenvalue weighted by molar-refractivity contribution is -0.917. The Balaban J connectivity index is 3.70. The SMILES string of the molecule is CCCCCCCCCCCCCCCCCC(=O)NC(C)[N+](C)(C)CC(O)CS(=O)(=O)O. The van der Waals surface area contributed by atoms with Gasteiger partial charge in [-0.1, -0.05) is 96.8 Å². The first-order valence-electron chi connectivity index (χ1n) is 13.2. The number of rotatable bonds is 22. The molecule has 3 N–H and O–H groups in total. The average Bonchev–Trinajstić information content (AvgIpc) is 2.68. The highest BCUT2D eigenvalue weighted by molar-refractivity contribution is 7.85. The second-order valence-electron chi connectivity index (χ2n) is 10.3. The number of aliphatic hydroxyl groups is 1. The first-order valence-corrected chi connectivity index (χ1v) is 14.8. The van der Waals surface area contributed by atoms with Crippen molar-refractivity contribution in [2.24, 2.45) is 0 Å². The van der Waals surface area contributed by atoms with Crippen molar-refractivity contribution < 1.29 is 27.4 Å². The van der Waals surface area contributed by atoms with Crippen molar-refractivity contribution in [3.8, 4) is 0 Å². The highest BCUT2D eigenvalue weighted by Gasteiger charge is 2.30. The number of hydrogen-bond donors (Lipinski definition) is 3. The van der Waals surface area contributed by atoms with Gasteiger partial charge in [0.25, 0.3) is 10.1 Å². The molecule has 0 fully saturated rings. The molecule has 0 aromatic carbocycles. The van der Waals surface area contributed by atoms with Crippen LogP contribution in [0.1, 0.15) is 117 Å². The second-order valence-corrected chi connectivity index (χ2v) is 11.8. The molecular formula is C25H53N2O5S+. The van der Waals surface area contributed by atoms with Crippen molar-refractivity contribution in [1.29, 1.82) is 0 Å². The van der Waals surface area contributed by atoms with E-state index in [1.54, 1.807) is 0 Å². The molecule has 0 saturated heterocycles. The number of carbonyl (C=O) groups is 1. The van der Waals surface area contributed by atoms with E-state index in [1.165, 1.54) is 83.5 Å². The largest absolute Gasteiger partial charge is 0.386 e. The zero-order chi connectivity index (χ0) is 25.2.